The predicted octanol–water partition coefficient (Wildman–Crippen LogP) is 3.82. The maximum atomic E-state index is 5.85. The van der Waals surface area contributed by atoms with E-state index in [2.05, 4.69) is 6.07 Å². The van der Waals surface area contributed by atoms with Crippen LogP contribution < -0.4 is 4.74 Å². The van der Waals surface area contributed by atoms with Crippen LogP contribution in [0, 0.1) is 6.07 Å². The van der Waals surface area contributed by atoms with Gasteiger partial charge in [-0.3, -0.25) is 0 Å². The van der Waals surface area contributed by atoms with Gasteiger partial charge >= 0.3 is 0 Å². The molecule has 0 spiro atoms. The lowest BCUT2D eigenvalue weighted by Crippen LogP contribution is -1.87. The smallest absolute Gasteiger partial charge is 0.136 e. The lowest BCUT2D eigenvalue weighted by molar-refractivity contribution is 0.415. The van der Waals surface area contributed by atoms with Gasteiger partial charge in [-0.15, -0.1) is 0 Å². The normalized spacial score (nSPS) is 10.0. The van der Waals surface area contributed by atoms with Crippen molar-refractivity contribution in [2.75, 3.05) is 7.11 Å². The van der Waals surface area contributed by atoms with Crippen molar-refractivity contribution in [3.05, 3.63) is 53.6 Å². The topological polar surface area (TPSA) is 9.23 Å². The molecule has 0 aliphatic heterocycles. The SMILES string of the molecule is COc1[c]c(Cl)ccc1-c1ccccc1. The molecule has 75 valence electrons. The van der Waals surface area contributed by atoms with Gasteiger partial charge in [-0.1, -0.05) is 41.9 Å². The van der Waals surface area contributed by atoms with Gasteiger partial charge in [-0.05, 0) is 17.7 Å². The monoisotopic (exact) mass is 217 g/mol. The molecular formula is C13H10ClO. The van der Waals surface area contributed by atoms with Crippen molar-refractivity contribution in [3.63, 3.8) is 0 Å². The van der Waals surface area contributed by atoms with E-state index in [0.717, 1.165) is 11.1 Å². The van der Waals surface area contributed by atoms with Crippen LogP contribution in [0.1, 0.15) is 0 Å². The molecule has 2 aromatic carbocycles. The molecule has 0 bridgehead atoms. The van der Waals surface area contributed by atoms with Crippen molar-refractivity contribution in [3.8, 4) is 16.9 Å². The van der Waals surface area contributed by atoms with Gasteiger partial charge in [0.1, 0.15) is 5.75 Å². The van der Waals surface area contributed by atoms with Gasteiger partial charge in [0.05, 0.1) is 12.1 Å². The minimum absolute atomic E-state index is 0.562. The van der Waals surface area contributed by atoms with E-state index in [0.29, 0.717) is 10.8 Å². The van der Waals surface area contributed by atoms with E-state index in [-0.39, 0.29) is 0 Å². The Bertz CT molecular complexity index is 451. The number of halogens is 1. The Balaban J connectivity index is 2.53. The first-order valence-corrected chi connectivity index (χ1v) is 5.00. The van der Waals surface area contributed by atoms with E-state index in [1.54, 1.807) is 7.11 Å². The quantitative estimate of drug-likeness (QED) is 0.743. The summed E-state index contributed by atoms with van der Waals surface area (Å²) in [6, 6.07) is 16.7. The molecule has 0 heterocycles. The molecule has 0 aliphatic rings. The Morgan fingerprint density at radius 2 is 1.80 bits per heavy atom. The molecule has 0 aliphatic carbocycles. The van der Waals surface area contributed by atoms with Gasteiger partial charge in [-0.25, -0.2) is 0 Å². The van der Waals surface area contributed by atoms with Gasteiger partial charge in [0.2, 0.25) is 0 Å². The van der Waals surface area contributed by atoms with Crippen LogP contribution in [0.4, 0.5) is 0 Å². The first kappa shape index (κ1) is 10.1. The molecule has 1 radical (unpaired) electrons. The summed E-state index contributed by atoms with van der Waals surface area (Å²) in [7, 11) is 1.62. The highest BCUT2D eigenvalue weighted by Crippen LogP contribution is 2.31. The summed E-state index contributed by atoms with van der Waals surface area (Å²) in [6.45, 7) is 0. The Hall–Kier alpha value is -1.47. The standard InChI is InChI=1S/C13H10ClO/c1-15-13-9-11(14)7-8-12(13)10-5-3-2-4-6-10/h2-8H,1H3. The fraction of sp³-hybridized carbons (Fsp3) is 0.0769. The minimum atomic E-state index is 0.562. The summed E-state index contributed by atoms with van der Waals surface area (Å²) >= 11 is 5.85. The molecule has 2 heteroatoms. The first-order valence-electron chi connectivity index (χ1n) is 4.62. The Morgan fingerprint density at radius 3 is 2.47 bits per heavy atom. The fourth-order valence-corrected chi connectivity index (χ4v) is 1.60. The zero-order valence-corrected chi connectivity index (χ0v) is 9.08. The van der Waals surface area contributed by atoms with E-state index in [1.807, 2.05) is 42.5 Å². The maximum absolute atomic E-state index is 5.85. The third kappa shape index (κ3) is 2.13. The largest absolute Gasteiger partial charge is 0.495 e. The second kappa shape index (κ2) is 4.37. The molecular weight excluding hydrogens is 208 g/mol. The summed E-state index contributed by atoms with van der Waals surface area (Å²) < 4.78 is 5.24. The van der Waals surface area contributed by atoms with E-state index < -0.39 is 0 Å². The van der Waals surface area contributed by atoms with Crippen LogP contribution in [0.5, 0.6) is 5.75 Å². The van der Waals surface area contributed by atoms with Crippen molar-refractivity contribution < 1.29 is 4.74 Å². The Kier molecular flexibility index (Phi) is 2.93. The first-order chi connectivity index (χ1) is 7.31. The summed E-state index contributed by atoms with van der Waals surface area (Å²) in [5.74, 6) is 0.675. The Morgan fingerprint density at radius 1 is 1.07 bits per heavy atom. The molecule has 0 unspecified atom stereocenters. The highest BCUT2D eigenvalue weighted by Gasteiger charge is 2.05. The predicted molar refractivity (Wildman–Crippen MR) is 62.3 cm³/mol. The number of benzene rings is 2. The van der Waals surface area contributed by atoms with Gasteiger partial charge in [0, 0.05) is 11.6 Å². The fourth-order valence-electron chi connectivity index (χ4n) is 1.46. The van der Waals surface area contributed by atoms with Crippen LogP contribution in [-0.4, -0.2) is 7.11 Å². The molecule has 0 saturated carbocycles. The van der Waals surface area contributed by atoms with Gasteiger partial charge < -0.3 is 4.74 Å². The van der Waals surface area contributed by atoms with Crippen LogP contribution >= 0.6 is 11.6 Å². The summed E-state index contributed by atoms with van der Waals surface area (Å²) in [6.07, 6.45) is 0. The van der Waals surface area contributed by atoms with Crippen molar-refractivity contribution in [2.24, 2.45) is 0 Å². The summed E-state index contributed by atoms with van der Waals surface area (Å²) in [4.78, 5) is 0. The Labute approximate surface area is 94.3 Å². The molecule has 2 rings (SSSR count). The van der Waals surface area contributed by atoms with Crippen LogP contribution in [0.3, 0.4) is 0 Å². The van der Waals surface area contributed by atoms with Crippen LogP contribution in [0.15, 0.2) is 42.5 Å². The van der Waals surface area contributed by atoms with Gasteiger partial charge in [0.25, 0.3) is 0 Å². The van der Waals surface area contributed by atoms with Crippen LogP contribution in [0.2, 0.25) is 5.02 Å². The average molecular weight is 218 g/mol. The number of ether oxygens (including phenoxy) is 1. The van der Waals surface area contributed by atoms with Crippen molar-refractivity contribution in [1.29, 1.82) is 0 Å². The highest BCUT2D eigenvalue weighted by molar-refractivity contribution is 6.30. The van der Waals surface area contributed by atoms with Crippen molar-refractivity contribution in [2.45, 2.75) is 0 Å². The van der Waals surface area contributed by atoms with Crippen LogP contribution in [0.25, 0.3) is 11.1 Å². The van der Waals surface area contributed by atoms with E-state index in [4.69, 9.17) is 16.3 Å². The lowest BCUT2D eigenvalue weighted by Gasteiger charge is -2.08. The molecule has 0 aromatic heterocycles. The van der Waals surface area contributed by atoms with Crippen LogP contribution in [-0.2, 0) is 0 Å². The summed E-state index contributed by atoms with van der Waals surface area (Å²) in [5.41, 5.74) is 2.10. The molecule has 15 heavy (non-hydrogen) atoms. The molecule has 0 amide bonds. The zero-order valence-electron chi connectivity index (χ0n) is 8.33. The van der Waals surface area contributed by atoms with Gasteiger partial charge in [-0.2, -0.15) is 0 Å². The third-order valence-corrected chi connectivity index (χ3v) is 2.38. The second-order valence-corrected chi connectivity index (χ2v) is 3.53. The van der Waals surface area contributed by atoms with E-state index >= 15 is 0 Å². The van der Waals surface area contributed by atoms with Crippen molar-refractivity contribution >= 4 is 11.6 Å². The molecule has 0 atom stereocenters. The second-order valence-electron chi connectivity index (χ2n) is 3.12. The number of methoxy groups -OCH3 is 1. The van der Waals surface area contributed by atoms with E-state index in [9.17, 15) is 0 Å². The average Bonchev–Trinajstić information content (AvgIpc) is 2.30. The third-order valence-electron chi connectivity index (χ3n) is 2.16. The molecule has 0 N–H and O–H groups in total. The zero-order chi connectivity index (χ0) is 10.7. The molecule has 1 nitrogen and oxygen atoms in total. The molecule has 2 aromatic rings. The number of rotatable bonds is 2. The minimum Gasteiger partial charge on any atom is -0.495 e. The van der Waals surface area contributed by atoms with E-state index in [1.165, 1.54) is 0 Å². The number of hydrogen-bond donors (Lipinski definition) is 0. The lowest BCUT2D eigenvalue weighted by atomic mass is 10.1. The highest BCUT2D eigenvalue weighted by atomic mass is 35.5. The maximum Gasteiger partial charge on any atom is 0.136 e. The number of hydrogen-bond acceptors (Lipinski definition) is 1. The molecule has 0 fully saturated rings. The summed E-state index contributed by atoms with van der Waals surface area (Å²) in [5, 5.41) is 0.562. The van der Waals surface area contributed by atoms with Gasteiger partial charge in [0.15, 0.2) is 0 Å². The molecule has 0 saturated heterocycles. The van der Waals surface area contributed by atoms with Crippen molar-refractivity contribution in [1.82, 2.24) is 0 Å².